The standard InChI is InChI=1S/C42H48ClN3O7S/c1-42(2,3)53-41(48)44-33-20-22-45(27-33)40(47)39-26-37(52-35-16-10-29(11-17-35)28-8-14-32(43)15-9-28)21-23-46(39)54(49,50)38-19-13-30-24-36(18-12-31(30)25-38)51-34-6-4-5-7-34/h8-19,24-25,33-34,37,39H,4-7,20-23,26-27H2,1-3H3,(H,44,48)/t33-,37+,39-/m0/s1. The van der Waals surface area contributed by atoms with Gasteiger partial charge in [0.1, 0.15) is 29.2 Å². The van der Waals surface area contributed by atoms with Crippen molar-refractivity contribution in [2.75, 3.05) is 19.6 Å². The van der Waals surface area contributed by atoms with Gasteiger partial charge in [0.05, 0.1) is 17.0 Å². The van der Waals surface area contributed by atoms with Crippen LogP contribution >= 0.6 is 11.6 Å². The average Bonchev–Trinajstić information content (AvgIpc) is 3.83. The van der Waals surface area contributed by atoms with E-state index >= 15 is 0 Å². The summed E-state index contributed by atoms with van der Waals surface area (Å²) in [7, 11) is -4.09. The van der Waals surface area contributed by atoms with Gasteiger partial charge in [0.2, 0.25) is 15.9 Å². The zero-order valence-electron chi connectivity index (χ0n) is 31.0. The van der Waals surface area contributed by atoms with Crippen molar-refractivity contribution in [3.63, 3.8) is 0 Å². The Morgan fingerprint density at radius 2 is 1.39 bits per heavy atom. The molecule has 2 heterocycles. The minimum atomic E-state index is -4.09. The lowest BCUT2D eigenvalue weighted by Crippen LogP contribution is -2.56. The number of halogens is 1. The van der Waals surface area contributed by atoms with Crippen molar-refractivity contribution in [2.24, 2.45) is 0 Å². The summed E-state index contributed by atoms with van der Waals surface area (Å²) in [5.74, 6) is 1.10. The Balaban J connectivity index is 1.10. The fraction of sp³-hybridized carbons (Fsp3) is 0.429. The highest BCUT2D eigenvalue weighted by Crippen LogP contribution is 2.34. The van der Waals surface area contributed by atoms with E-state index in [4.69, 9.17) is 25.8 Å². The predicted octanol–water partition coefficient (Wildman–Crippen LogP) is 8.21. The highest BCUT2D eigenvalue weighted by atomic mass is 35.5. The van der Waals surface area contributed by atoms with Crippen LogP contribution < -0.4 is 14.8 Å². The molecule has 3 aliphatic rings. The Labute approximate surface area is 322 Å². The number of hydrogen-bond acceptors (Lipinski definition) is 7. The molecule has 2 aliphatic heterocycles. The van der Waals surface area contributed by atoms with Crippen molar-refractivity contribution in [3.8, 4) is 22.6 Å². The quantitative estimate of drug-likeness (QED) is 0.182. The molecule has 286 valence electrons. The Morgan fingerprint density at radius 1 is 0.759 bits per heavy atom. The monoisotopic (exact) mass is 773 g/mol. The van der Waals surface area contributed by atoms with Gasteiger partial charge in [-0.3, -0.25) is 4.79 Å². The molecule has 1 saturated carbocycles. The number of ether oxygens (including phenoxy) is 3. The van der Waals surface area contributed by atoms with E-state index in [0.717, 1.165) is 40.5 Å². The molecule has 4 aromatic rings. The average molecular weight is 774 g/mol. The number of piperidine rings is 1. The third kappa shape index (κ3) is 8.96. The molecule has 12 heteroatoms. The third-order valence-electron chi connectivity index (χ3n) is 10.3. The van der Waals surface area contributed by atoms with Crippen LogP contribution in [0.4, 0.5) is 4.79 Å². The maximum Gasteiger partial charge on any atom is 0.407 e. The van der Waals surface area contributed by atoms with E-state index in [2.05, 4.69) is 5.32 Å². The lowest BCUT2D eigenvalue weighted by atomic mass is 10.0. The van der Waals surface area contributed by atoms with Gasteiger partial charge in [-0.05, 0) is 130 Å². The summed E-state index contributed by atoms with van der Waals surface area (Å²) >= 11 is 6.07. The first-order chi connectivity index (χ1) is 25.8. The minimum Gasteiger partial charge on any atom is -0.490 e. The molecule has 2 saturated heterocycles. The van der Waals surface area contributed by atoms with Gasteiger partial charge >= 0.3 is 6.09 Å². The molecule has 10 nitrogen and oxygen atoms in total. The van der Waals surface area contributed by atoms with Gasteiger partial charge < -0.3 is 24.4 Å². The minimum absolute atomic E-state index is 0.103. The smallest absolute Gasteiger partial charge is 0.407 e. The van der Waals surface area contributed by atoms with E-state index in [1.807, 2.05) is 66.7 Å². The van der Waals surface area contributed by atoms with E-state index in [1.165, 1.54) is 17.1 Å². The number of amides is 2. The van der Waals surface area contributed by atoms with Crippen LogP contribution in [0.3, 0.4) is 0 Å². The number of sulfonamides is 1. The molecule has 0 aromatic heterocycles. The van der Waals surface area contributed by atoms with E-state index in [-0.39, 0.29) is 42.5 Å². The lowest BCUT2D eigenvalue weighted by Gasteiger charge is -2.39. The zero-order chi connectivity index (χ0) is 38.0. The van der Waals surface area contributed by atoms with Crippen molar-refractivity contribution in [2.45, 2.75) is 101 Å². The molecule has 1 aliphatic carbocycles. The van der Waals surface area contributed by atoms with Crippen LogP contribution in [0.1, 0.15) is 65.7 Å². The van der Waals surface area contributed by atoms with Crippen molar-refractivity contribution in [3.05, 3.63) is 90.0 Å². The Kier molecular flexibility index (Phi) is 11.1. The molecule has 0 bridgehead atoms. The summed E-state index contributed by atoms with van der Waals surface area (Å²) in [4.78, 5) is 28.6. The Morgan fingerprint density at radius 3 is 2.09 bits per heavy atom. The van der Waals surface area contributed by atoms with Crippen LogP contribution in [0.25, 0.3) is 21.9 Å². The molecule has 3 atom stereocenters. The summed E-state index contributed by atoms with van der Waals surface area (Å²) < 4.78 is 48.3. The number of carbonyl (C=O) groups is 2. The molecule has 0 radical (unpaired) electrons. The van der Waals surface area contributed by atoms with Gasteiger partial charge in [-0.1, -0.05) is 48.0 Å². The molecule has 54 heavy (non-hydrogen) atoms. The van der Waals surface area contributed by atoms with E-state index in [0.29, 0.717) is 30.2 Å². The topological polar surface area (TPSA) is 114 Å². The van der Waals surface area contributed by atoms with Crippen molar-refractivity contribution < 1.29 is 32.2 Å². The largest absolute Gasteiger partial charge is 0.490 e. The number of nitrogens with one attached hydrogen (secondary N) is 1. The molecular formula is C42H48ClN3O7S. The first kappa shape index (κ1) is 38.0. The maximum atomic E-state index is 14.5. The van der Waals surface area contributed by atoms with E-state index in [9.17, 15) is 18.0 Å². The maximum absolute atomic E-state index is 14.5. The predicted molar refractivity (Wildman–Crippen MR) is 209 cm³/mol. The van der Waals surface area contributed by atoms with Crippen LogP contribution in [-0.4, -0.2) is 79.2 Å². The zero-order valence-corrected chi connectivity index (χ0v) is 32.6. The van der Waals surface area contributed by atoms with Crippen LogP contribution in [0.2, 0.25) is 5.02 Å². The fourth-order valence-electron chi connectivity index (χ4n) is 7.62. The number of alkyl carbamates (subject to hydrolysis) is 1. The van der Waals surface area contributed by atoms with Crippen LogP contribution in [0.5, 0.6) is 11.5 Å². The molecule has 0 spiro atoms. The Bertz CT molecular complexity index is 2080. The lowest BCUT2D eigenvalue weighted by molar-refractivity contribution is -0.136. The highest BCUT2D eigenvalue weighted by molar-refractivity contribution is 7.89. The molecule has 7 rings (SSSR count). The van der Waals surface area contributed by atoms with Gasteiger partial charge in [0.25, 0.3) is 0 Å². The molecule has 2 amide bonds. The molecule has 3 fully saturated rings. The van der Waals surface area contributed by atoms with Gasteiger partial charge in [0, 0.05) is 31.1 Å². The van der Waals surface area contributed by atoms with Gasteiger partial charge in [-0.25, -0.2) is 13.2 Å². The number of likely N-dealkylation sites (tertiary alicyclic amines) is 1. The van der Waals surface area contributed by atoms with E-state index in [1.54, 1.807) is 43.9 Å². The molecular weight excluding hydrogens is 726 g/mol. The number of carbonyl (C=O) groups excluding carboxylic acids is 2. The summed E-state index contributed by atoms with van der Waals surface area (Å²) in [5, 5.41) is 5.18. The number of nitrogens with zero attached hydrogens (tertiary/aromatic N) is 2. The second kappa shape index (κ2) is 15.8. The second-order valence-electron chi connectivity index (χ2n) is 15.5. The fourth-order valence-corrected chi connectivity index (χ4v) is 9.39. The van der Waals surface area contributed by atoms with Crippen molar-refractivity contribution >= 4 is 44.4 Å². The van der Waals surface area contributed by atoms with Gasteiger partial charge in [-0.2, -0.15) is 4.31 Å². The number of fused-ring (bicyclic) bond motifs is 1. The first-order valence-corrected chi connectivity index (χ1v) is 20.7. The van der Waals surface area contributed by atoms with Crippen molar-refractivity contribution in [1.82, 2.24) is 14.5 Å². The summed E-state index contributed by atoms with van der Waals surface area (Å²) in [6.45, 7) is 6.11. The summed E-state index contributed by atoms with van der Waals surface area (Å²) in [5.41, 5.74) is 1.37. The number of benzene rings is 4. The van der Waals surface area contributed by atoms with Crippen LogP contribution in [-0.2, 0) is 19.6 Å². The molecule has 0 unspecified atom stereocenters. The first-order valence-electron chi connectivity index (χ1n) is 18.8. The third-order valence-corrected chi connectivity index (χ3v) is 12.5. The molecule has 1 N–H and O–H groups in total. The Hall–Kier alpha value is -4.32. The van der Waals surface area contributed by atoms with Crippen LogP contribution in [0, 0.1) is 0 Å². The summed E-state index contributed by atoms with van der Waals surface area (Å²) in [6, 6.07) is 24.8. The van der Waals surface area contributed by atoms with Crippen molar-refractivity contribution in [1.29, 1.82) is 0 Å². The van der Waals surface area contributed by atoms with Gasteiger partial charge in [-0.15, -0.1) is 0 Å². The molecule has 4 aromatic carbocycles. The highest BCUT2D eigenvalue weighted by Gasteiger charge is 2.44. The van der Waals surface area contributed by atoms with Crippen LogP contribution in [0.15, 0.2) is 89.8 Å². The number of rotatable bonds is 9. The van der Waals surface area contributed by atoms with E-state index < -0.39 is 33.9 Å². The number of hydrogen-bond donors (Lipinski definition) is 1. The summed E-state index contributed by atoms with van der Waals surface area (Å²) in [6.07, 6.45) is 4.81. The SMILES string of the molecule is CC(C)(C)OC(=O)N[C@H]1CCN(C(=O)[C@@H]2C[C@H](Oc3ccc(-c4ccc(Cl)cc4)cc3)CCN2S(=O)(=O)c2ccc3cc(OC4CCCC4)ccc3c2)C1. The van der Waals surface area contributed by atoms with Gasteiger partial charge in [0.15, 0.2) is 0 Å². The second-order valence-corrected chi connectivity index (χ2v) is 17.9. The normalized spacial score (nSPS) is 21.3.